The third-order valence-electron chi connectivity index (χ3n) is 7.70. The van der Waals surface area contributed by atoms with Crippen LogP contribution in [0.25, 0.3) is 0 Å². The number of halogens is 1. The van der Waals surface area contributed by atoms with Crippen molar-refractivity contribution in [2.24, 2.45) is 0 Å². The van der Waals surface area contributed by atoms with Crippen LogP contribution in [-0.4, -0.2) is 57.1 Å². The monoisotopic (exact) mass is 751 g/mol. The van der Waals surface area contributed by atoms with Crippen LogP contribution in [-0.2, 0) is 32.6 Å². The average Bonchev–Trinajstić information content (AvgIpc) is 3.09. The highest BCUT2D eigenvalue weighted by Crippen LogP contribution is 2.28. The number of carbonyl (C=O) groups excluding carboxylic acids is 2. The highest BCUT2D eigenvalue weighted by molar-refractivity contribution is 9.10. The predicted molar refractivity (Wildman–Crippen MR) is 197 cm³/mol. The summed E-state index contributed by atoms with van der Waals surface area (Å²) in [5, 5.41) is 3.02. The van der Waals surface area contributed by atoms with Gasteiger partial charge in [-0.25, -0.2) is 8.42 Å². The minimum absolute atomic E-state index is 0.0543. The largest absolute Gasteiger partial charge is 0.494 e. The van der Waals surface area contributed by atoms with Crippen molar-refractivity contribution in [2.45, 2.75) is 55.5 Å². The topological polar surface area (TPSA) is 96.0 Å². The Labute approximate surface area is 297 Å². The summed E-state index contributed by atoms with van der Waals surface area (Å²) in [6.07, 6.45) is 3.86. The van der Waals surface area contributed by atoms with E-state index < -0.39 is 28.5 Å². The molecule has 48 heavy (non-hydrogen) atoms. The molecule has 2 amide bonds. The van der Waals surface area contributed by atoms with Gasteiger partial charge in [-0.05, 0) is 91.4 Å². The fourth-order valence-electron chi connectivity index (χ4n) is 5.17. The lowest BCUT2D eigenvalue weighted by Crippen LogP contribution is -2.53. The minimum Gasteiger partial charge on any atom is -0.494 e. The van der Waals surface area contributed by atoms with Crippen LogP contribution in [0.4, 0.5) is 5.69 Å². The lowest BCUT2D eigenvalue weighted by molar-refractivity contribution is -0.140. The van der Waals surface area contributed by atoms with Gasteiger partial charge in [0.25, 0.3) is 10.0 Å². The van der Waals surface area contributed by atoms with E-state index in [4.69, 9.17) is 4.74 Å². The molecular weight excluding hydrogens is 710 g/mol. The van der Waals surface area contributed by atoms with Gasteiger partial charge in [0.1, 0.15) is 18.3 Å². The summed E-state index contributed by atoms with van der Waals surface area (Å²) < 4.78 is 36.1. The van der Waals surface area contributed by atoms with Crippen molar-refractivity contribution in [3.63, 3.8) is 0 Å². The summed E-state index contributed by atoms with van der Waals surface area (Å²) in [7, 11) is -4.21. The second-order valence-electron chi connectivity index (χ2n) is 11.1. The third-order valence-corrected chi connectivity index (χ3v) is 10.7. The van der Waals surface area contributed by atoms with Gasteiger partial charge in [-0.2, -0.15) is 0 Å². The molecule has 4 aromatic carbocycles. The third kappa shape index (κ3) is 10.1. The van der Waals surface area contributed by atoms with E-state index in [0.29, 0.717) is 24.6 Å². The molecule has 1 N–H and O–H groups in total. The zero-order valence-electron chi connectivity index (χ0n) is 27.5. The number of thioether (sulfide) groups is 1. The van der Waals surface area contributed by atoms with Crippen molar-refractivity contribution >= 4 is 55.2 Å². The van der Waals surface area contributed by atoms with Gasteiger partial charge in [-0.1, -0.05) is 71.7 Å². The van der Waals surface area contributed by atoms with Gasteiger partial charge >= 0.3 is 0 Å². The number of carbonyl (C=O) groups is 2. The molecule has 4 aromatic rings. The zero-order valence-corrected chi connectivity index (χ0v) is 30.7. The number of benzene rings is 4. The van der Waals surface area contributed by atoms with Crippen molar-refractivity contribution in [1.29, 1.82) is 0 Å². The molecule has 1 unspecified atom stereocenters. The molecule has 8 nitrogen and oxygen atoms in total. The molecule has 4 rings (SSSR count). The Hall–Kier alpha value is -3.80. The predicted octanol–water partition coefficient (Wildman–Crippen LogP) is 7.32. The Balaban J connectivity index is 1.79. The lowest BCUT2D eigenvalue weighted by Gasteiger charge is -2.34. The minimum atomic E-state index is -4.21. The number of anilines is 1. The number of ether oxygens (including phenoxy) is 1. The summed E-state index contributed by atoms with van der Waals surface area (Å²) in [6, 6.07) is 29.3. The summed E-state index contributed by atoms with van der Waals surface area (Å²) in [4.78, 5) is 31.0. The van der Waals surface area contributed by atoms with Crippen molar-refractivity contribution < 1.29 is 22.7 Å². The summed E-state index contributed by atoms with van der Waals surface area (Å²) in [5.74, 6) is -0.226. The van der Waals surface area contributed by atoms with Gasteiger partial charge in [0.05, 0.1) is 17.2 Å². The fraction of sp³-hybridized carbons (Fsp3) is 0.297. The Morgan fingerprint density at radius 1 is 0.896 bits per heavy atom. The SMILES string of the molecule is CCCCNC(=O)C(Cc1ccccc1)N(Cc1cccc(Br)c1)C(=O)CN(c1ccc(OCC)cc1)S(=O)(=O)c1ccc(SC)cc1. The fourth-order valence-corrected chi connectivity index (χ4v) is 7.44. The molecule has 0 aliphatic rings. The molecular formula is C37H42BrN3O5S2. The molecule has 0 aliphatic heterocycles. The summed E-state index contributed by atoms with van der Waals surface area (Å²) in [5.41, 5.74) is 1.97. The van der Waals surface area contributed by atoms with E-state index in [1.165, 1.54) is 16.7 Å². The number of hydrogen-bond donors (Lipinski definition) is 1. The van der Waals surface area contributed by atoms with Gasteiger partial charge in [0, 0.05) is 28.9 Å². The van der Waals surface area contributed by atoms with Crippen LogP contribution >= 0.6 is 27.7 Å². The summed E-state index contributed by atoms with van der Waals surface area (Å²) in [6.45, 7) is 4.40. The van der Waals surface area contributed by atoms with Crippen LogP contribution < -0.4 is 14.4 Å². The van der Waals surface area contributed by atoms with Crippen LogP contribution in [0.2, 0.25) is 0 Å². The number of amides is 2. The number of sulfonamides is 1. The van der Waals surface area contributed by atoms with Crippen molar-refractivity contribution in [3.05, 3.63) is 119 Å². The molecule has 1 atom stereocenters. The quantitative estimate of drug-likeness (QED) is 0.0898. The van der Waals surface area contributed by atoms with E-state index in [-0.39, 0.29) is 23.8 Å². The molecule has 0 saturated carbocycles. The standard InChI is InChI=1S/C37H42BrN3O5S2/c1-4-6-23-39-37(43)35(25-28-11-8-7-9-12-28)40(26-29-13-10-14-30(38)24-29)36(42)27-41(31-15-17-32(18-16-31)46-5-2)48(44,45)34-21-19-33(47-3)20-22-34/h7-22,24,35H,4-6,23,25-27H2,1-3H3,(H,39,43). The second-order valence-corrected chi connectivity index (χ2v) is 14.8. The normalized spacial score (nSPS) is 11.8. The number of nitrogens with one attached hydrogen (secondary N) is 1. The van der Waals surface area contributed by atoms with Crippen LogP contribution in [0.5, 0.6) is 5.75 Å². The van der Waals surface area contributed by atoms with Gasteiger partial charge in [-0.15, -0.1) is 11.8 Å². The van der Waals surface area contributed by atoms with Crippen LogP contribution in [0.15, 0.2) is 117 Å². The molecule has 0 heterocycles. The van der Waals surface area contributed by atoms with E-state index in [9.17, 15) is 18.0 Å². The molecule has 0 saturated heterocycles. The van der Waals surface area contributed by atoms with Crippen molar-refractivity contribution in [3.8, 4) is 5.75 Å². The first-order chi connectivity index (χ1) is 23.2. The van der Waals surface area contributed by atoms with Gasteiger partial charge in [-0.3, -0.25) is 13.9 Å². The smallest absolute Gasteiger partial charge is 0.264 e. The highest BCUT2D eigenvalue weighted by Gasteiger charge is 2.34. The zero-order chi connectivity index (χ0) is 34.5. The average molecular weight is 753 g/mol. The Morgan fingerprint density at radius 2 is 1.58 bits per heavy atom. The first kappa shape index (κ1) is 37.0. The van der Waals surface area contributed by atoms with E-state index in [2.05, 4.69) is 21.2 Å². The highest BCUT2D eigenvalue weighted by atomic mass is 79.9. The molecule has 0 spiro atoms. The van der Waals surface area contributed by atoms with Gasteiger partial charge in [0.15, 0.2) is 0 Å². The Kier molecular flexibility index (Phi) is 14.0. The second kappa shape index (κ2) is 18.1. The number of rotatable bonds is 17. The summed E-state index contributed by atoms with van der Waals surface area (Å²) >= 11 is 5.02. The molecule has 11 heteroatoms. The Morgan fingerprint density at radius 3 is 2.21 bits per heavy atom. The molecule has 254 valence electrons. The lowest BCUT2D eigenvalue weighted by atomic mass is 10.0. The molecule has 0 aromatic heterocycles. The van der Waals surface area contributed by atoms with E-state index in [0.717, 1.165) is 37.6 Å². The first-order valence-electron chi connectivity index (χ1n) is 15.9. The molecule has 0 fully saturated rings. The van der Waals surface area contributed by atoms with Gasteiger partial charge < -0.3 is 15.0 Å². The molecule has 0 aliphatic carbocycles. The maximum absolute atomic E-state index is 14.6. The van der Waals surface area contributed by atoms with E-state index in [1.54, 1.807) is 48.5 Å². The molecule has 0 radical (unpaired) electrons. The van der Waals surface area contributed by atoms with Gasteiger partial charge in [0.2, 0.25) is 11.8 Å². The number of unbranched alkanes of at least 4 members (excludes halogenated alkanes) is 1. The van der Waals surface area contributed by atoms with E-state index in [1.807, 2.05) is 74.7 Å². The van der Waals surface area contributed by atoms with Crippen LogP contribution in [0.1, 0.15) is 37.8 Å². The number of nitrogens with zero attached hydrogens (tertiary/aromatic N) is 2. The Bertz CT molecular complexity index is 1740. The van der Waals surface area contributed by atoms with Crippen molar-refractivity contribution in [2.75, 3.05) is 30.3 Å². The van der Waals surface area contributed by atoms with Crippen LogP contribution in [0.3, 0.4) is 0 Å². The van der Waals surface area contributed by atoms with Crippen molar-refractivity contribution in [1.82, 2.24) is 10.2 Å². The number of hydrogen-bond acceptors (Lipinski definition) is 6. The maximum Gasteiger partial charge on any atom is 0.264 e. The first-order valence-corrected chi connectivity index (χ1v) is 19.4. The van der Waals surface area contributed by atoms with Crippen LogP contribution in [0, 0.1) is 0 Å². The molecule has 0 bridgehead atoms. The van der Waals surface area contributed by atoms with E-state index >= 15 is 0 Å². The maximum atomic E-state index is 14.6.